The van der Waals surface area contributed by atoms with Gasteiger partial charge in [0.05, 0.1) is 11.2 Å². The zero-order chi connectivity index (χ0) is 18.6. The van der Waals surface area contributed by atoms with Gasteiger partial charge >= 0.3 is 0 Å². The van der Waals surface area contributed by atoms with Crippen LogP contribution in [0.3, 0.4) is 0 Å². The van der Waals surface area contributed by atoms with Crippen molar-refractivity contribution in [2.45, 2.75) is 0 Å². The van der Waals surface area contributed by atoms with E-state index in [1.165, 1.54) is 18.2 Å². The van der Waals surface area contributed by atoms with Gasteiger partial charge < -0.3 is 10.6 Å². The van der Waals surface area contributed by atoms with Crippen molar-refractivity contribution in [2.75, 3.05) is 10.6 Å². The summed E-state index contributed by atoms with van der Waals surface area (Å²) < 4.78 is 13.2. The Morgan fingerprint density at radius 3 is 2.48 bits per heavy atom. The molecule has 4 aromatic rings. The van der Waals surface area contributed by atoms with E-state index in [9.17, 15) is 9.18 Å². The predicted molar refractivity (Wildman–Crippen MR) is 101 cm³/mol. The molecule has 0 aliphatic heterocycles. The van der Waals surface area contributed by atoms with Crippen LogP contribution in [-0.4, -0.2) is 21.1 Å². The molecule has 2 aromatic heterocycles. The number of fused-ring (bicyclic) bond motifs is 1. The number of halogens is 1. The SMILES string of the molecule is O=C(Nc1ccc(Nc2cccc3cccnc23)nn1)c1cccc(F)c1. The van der Waals surface area contributed by atoms with Crippen LogP contribution in [0.25, 0.3) is 10.9 Å². The molecular weight excluding hydrogens is 345 g/mol. The first-order valence-electron chi connectivity index (χ1n) is 8.20. The van der Waals surface area contributed by atoms with Gasteiger partial charge in [-0.2, -0.15) is 0 Å². The van der Waals surface area contributed by atoms with Crippen molar-refractivity contribution in [3.63, 3.8) is 0 Å². The standard InChI is InChI=1S/C20H14FN5O/c21-15-7-1-5-14(12-15)20(27)24-18-10-9-17(25-26-18)23-16-8-2-4-13-6-3-11-22-19(13)16/h1-12H,(H,23,25)(H,24,26,27). The van der Waals surface area contributed by atoms with Crippen molar-refractivity contribution in [2.24, 2.45) is 0 Å². The van der Waals surface area contributed by atoms with E-state index in [2.05, 4.69) is 25.8 Å². The fraction of sp³-hybridized carbons (Fsp3) is 0. The van der Waals surface area contributed by atoms with Gasteiger partial charge in [0.25, 0.3) is 5.91 Å². The lowest BCUT2D eigenvalue weighted by Gasteiger charge is -2.09. The first-order valence-corrected chi connectivity index (χ1v) is 8.20. The average molecular weight is 359 g/mol. The van der Waals surface area contributed by atoms with Crippen LogP contribution in [-0.2, 0) is 0 Å². The van der Waals surface area contributed by atoms with E-state index in [1.807, 2.05) is 30.3 Å². The van der Waals surface area contributed by atoms with Crippen LogP contribution in [0.4, 0.5) is 21.7 Å². The summed E-state index contributed by atoms with van der Waals surface area (Å²) in [6.07, 6.45) is 1.73. The maximum Gasteiger partial charge on any atom is 0.256 e. The number of nitrogens with one attached hydrogen (secondary N) is 2. The monoisotopic (exact) mass is 359 g/mol. The van der Waals surface area contributed by atoms with Gasteiger partial charge in [-0.1, -0.05) is 24.3 Å². The van der Waals surface area contributed by atoms with Crippen LogP contribution < -0.4 is 10.6 Å². The first kappa shape index (κ1) is 16.6. The summed E-state index contributed by atoms with van der Waals surface area (Å²) >= 11 is 0. The second kappa shape index (κ2) is 7.17. The van der Waals surface area contributed by atoms with Crippen molar-refractivity contribution in [3.8, 4) is 0 Å². The summed E-state index contributed by atoms with van der Waals surface area (Å²) in [4.78, 5) is 16.5. The molecule has 0 aliphatic carbocycles. The van der Waals surface area contributed by atoms with Gasteiger partial charge in [-0.15, -0.1) is 10.2 Å². The Hall–Kier alpha value is -3.87. The Kier molecular flexibility index (Phi) is 4.40. The lowest BCUT2D eigenvalue weighted by Crippen LogP contribution is -2.13. The Balaban J connectivity index is 1.50. The summed E-state index contributed by atoms with van der Waals surface area (Å²) in [6, 6.07) is 18.4. The molecule has 2 N–H and O–H groups in total. The lowest BCUT2D eigenvalue weighted by atomic mass is 10.2. The van der Waals surface area contributed by atoms with Crippen molar-refractivity contribution >= 4 is 34.1 Å². The third kappa shape index (κ3) is 3.72. The number of benzene rings is 2. The van der Waals surface area contributed by atoms with Crippen LogP contribution in [0.1, 0.15) is 10.4 Å². The number of hydrogen-bond donors (Lipinski definition) is 2. The van der Waals surface area contributed by atoms with Crippen LogP contribution in [0.5, 0.6) is 0 Å². The zero-order valence-electron chi connectivity index (χ0n) is 14.1. The van der Waals surface area contributed by atoms with E-state index < -0.39 is 11.7 Å². The molecule has 0 aliphatic rings. The molecule has 7 heteroatoms. The molecule has 4 rings (SSSR count). The van der Waals surface area contributed by atoms with Crippen molar-refractivity contribution in [3.05, 3.63) is 84.3 Å². The molecule has 0 fully saturated rings. The van der Waals surface area contributed by atoms with E-state index in [-0.39, 0.29) is 11.4 Å². The van der Waals surface area contributed by atoms with Gasteiger partial charge in [0.1, 0.15) is 5.82 Å². The normalized spacial score (nSPS) is 10.6. The predicted octanol–water partition coefficient (Wildman–Crippen LogP) is 4.16. The number of amides is 1. The van der Waals surface area contributed by atoms with E-state index >= 15 is 0 Å². The van der Waals surface area contributed by atoms with E-state index in [0.717, 1.165) is 22.7 Å². The van der Waals surface area contributed by atoms with Gasteiger partial charge in [-0.05, 0) is 42.5 Å². The molecule has 0 atom stereocenters. The third-order valence-electron chi connectivity index (χ3n) is 3.89. The van der Waals surface area contributed by atoms with E-state index in [0.29, 0.717) is 5.82 Å². The zero-order valence-corrected chi connectivity index (χ0v) is 14.1. The molecule has 6 nitrogen and oxygen atoms in total. The number of para-hydroxylation sites is 1. The highest BCUT2D eigenvalue weighted by molar-refractivity contribution is 6.03. The van der Waals surface area contributed by atoms with Crippen molar-refractivity contribution in [1.82, 2.24) is 15.2 Å². The minimum atomic E-state index is -0.475. The molecule has 0 saturated carbocycles. The number of anilines is 3. The fourth-order valence-corrected chi connectivity index (χ4v) is 2.63. The molecular formula is C20H14FN5O. The number of carbonyl (C=O) groups is 1. The van der Waals surface area contributed by atoms with Gasteiger partial charge in [-0.3, -0.25) is 9.78 Å². The summed E-state index contributed by atoms with van der Waals surface area (Å²) in [5.41, 5.74) is 1.84. The van der Waals surface area contributed by atoms with Crippen LogP contribution >= 0.6 is 0 Å². The quantitative estimate of drug-likeness (QED) is 0.572. The van der Waals surface area contributed by atoms with Crippen molar-refractivity contribution < 1.29 is 9.18 Å². The van der Waals surface area contributed by atoms with Crippen LogP contribution in [0, 0.1) is 5.82 Å². The minimum absolute atomic E-state index is 0.209. The third-order valence-corrected chi connectivity index (χ3v) is 3.89. The number of pyridine rings is 1. The second-order valence-electron chi connectivity index (χ2n) is 5.77. The Labute approximate surface area is 154 Å². The minimum Gasteiger partial charge on any atom is -0.337 e. The van der Waals surface area contributed by atoms with Gasteiger partial charge in [0, 0.05) is 17.1 Å². The molecule has 1 amide bonds. The Bertz CT molecular complexity index is 1110. The number of aromatic nitrogens is 3. The van der Waals surface area contributed by atoms with Crippen molar-refractivity contribution in [1.29, 1.82) is 0 Å². The van der Waals surface area contributed by atoms with Gasteiger partial charge in [-0.25, -0.2) is 4.39 Å². The molecule has 0 radical (unpaired) electrons. The summed E-state index contributed by atoms with van der Waals surface area (Å²) in [5, 5.41) is 14.8. The number of hydrogen-bond acceptors (Lipinski definition) is 5. The van der Waals surface area contributed by atoms with E-state index in [1.54, 1.807) is 18.3 Å². The highest BCUT2D eigenvalue weighted by Gasteiger charge is 2.09. The smallest absolute Gasteiger partial charge is 0.256 e. The molecule has 2 aromatic carbocycles. The average Bonchev–Trinajstić information content (AvgIpc) is 2.70. The Morgan fingerprint density at radius 2 is 1.67 bits per heavy atom. The van der Waals surface area contributed by atoms with Gasteiger partial charge in [0.15, 0.2) is 11.6 Å². The molecule has 2 heterocycles. The fourth-order valence-electron chi connectivity index (χ4n) is 2.63. The largest absolute Gasteiger partial charge is 0.337 e. The van der Waals surface area contributed by atoms with Crippen LogP contribution in [0.2, 0.25) is 0 Å². The molecule has 27 heavy (non-hydrogen) atoms. The van der Waals surface area contributed by atoms with Gasteiger partial charge in [0.2, 0.25) is 0 Å². The summed E-state index contributed by atoms with van der Waals surface area (Å²) in [6.45, 7) is 0. The van der Waals surface area contributed by atoms with Crippen LogP contribution in [0.15, 0.2) is 72.9 Å². The highest BCUT2D eigenvalue weighted by atomic mass is 19.1. The highest BCUT2D eigenvalue weighted by Crippen LogP contribution is 2.23. The van der Waals surface area contributed by atoms with E-state index in [4.69, 9.17) is 0 Å². The Morgan fingerprint density at radius 1 is 0.889 bits per heavy atom. The molecule has 132 valence electrons. The molecule has 0 saturated heterocycles. The number of carbonyl (C=O) groups excluding carboxylic acids is 1. The maximum atomic E-state index is 13.2. The summed E-state index contributed by atoms with van der Waals surface area (Å²) in [5.74, 6) is -0.150. The molecule has 0 bridgehead atoms. The second-order valence-corrected chi connectivity index (χ2v) is 5.77. The maximum absolute atomic E-state index is 13.2. The molecule has 0 spiro atoms. The topological polar surface area (TPSA) is 79.8 Å². The first-order chi connectivity index (χ1) is 13.2. The number of nitrogens with zero attached hydrogens (tertiary/aromatic N) is 3. The summed E-state index contributed by atoms with van der Waals surface area (Å²) in [7, 11) is 0. The molecule has 0 unspecified atom stereocenters. The number of rotatable bonds is 4. The lowest BCUT2D eigenvalue weighted by molar-refractivity contribution is 0.102.